The van der Waals surface area contributed by atoms with Crippen LogP contribution in [0, 0.1) is 0 Å². The maximum atomic E-state index is 10.0. The fourth-order valence-corrected chi connectivity index (χ4v) is 0.641. The van der Waals surface area contributed by atoms with Crippen LogP contribution in [0.15, 0.2) is 28.8 Å². The quantitative estimate of drug-likeness (QED) is 0.387. The van der Waals surface area contributed by atoms with E-state index in [2.05, 4.69) is 29.9 Å². The van der Waals surface area contributed by atoms with Crippen LogP contribution >= 0.6 is 0 Å². The van der Waals surface area contributed by atoms with Gasteiger partial charge in [0.1, 0.15) is 0 Å². The second kappa shape index (κ2) is 22.1. The van der Waals surface area contributed by atoms with Gasteiger partial charge in [-0.2, -0.15) is 0 Å². The number of rotatable bonds is 0. The molecule has 0 saturated heterocycles. The monoisotopic (exact) mass is 390 g/mol. The molecule has 0 amide bonds. The van der Waals surface area contributed by atoms with Crippen LogP contribution < -0.4 is 241 Å². The summed E-state index contributed by atoms with van der Waals surface area (Å²) in [5.41, 5.74) is -6.50. The molecule has 0 aliphatic rings. The second-order valence-electron chi connectivity index (χ2n) is 2.37. The average molecular weight is 390 g/mol. The van der Waals surface area contributed by atoms with E-state index >= 15 is 0 Å². The zero-order valence-electron chi connectivity index (χ0n) is 14.1. The van der Waals surface area contributed by atoms with Crippen LogP contribution in [0.5, 0.6) is 0 Å². The van der Waals surface area contributed by atoms with Crippen molar-refractivity contribution in [2.24, 2.45) is 0 Å². The Kier molecular flexibility index (Phi) is 38.0. The molecular formula is C6N6Na6O6. The van der Waals surface area contributed by atoms with Crippen LogP contribution in [0.3, 0.4) is 0 Å². The molecule has 0 atom stereocenters. The van der Waals surface area contributed by atoms with Crippen molar-refractivity contribution in [2.75, 3.05) is 0 Å². The molecule has 0 N–H and O–H groups in total. The number of aromatic nitrogens is 6. The van der Waals surface area contributed by atoms with Crippen LogP contribution in [0.2, 0.25) is 0 Å². The van der Waals surface area contributed by atoms with Crippen molar-refractivity contribution in [2.45, 2.75) is 0 Å². The van der Waals surface area contributed by atoms with Gasteiger partial charge in [-0.3, -0.25) is 0 Å². The molecule has 0 unspecified atom stereocenters. The van der Waals surface area contributed by atoms with Crippen molar-refractivity contribution in [3.8, 4) is 0 Å². The van der Waals surface area contributed by atoms with Gasteiger partial charge in [0.25, 0.3) is 0 Å². The van der Waals surface area contributed by atoms with Crippen molar-refractivity contribution >= 4 is 0 Å². The summed E-state index contributed by atoms with van der Waals surface area (Å²) in [7, 11) is 0. The standard InChI is InChI=1S/2C3H3N3O3.6Na/c2*7-1-4-2(8)6-3(9)5-1;;;;;;/h2*(H3,4,5,6,7,8,9);;;;;;/q;;6*+1/p-6. The van der Waals surface area contributed by atoms with Crippen LogP contribution in [-0.4, -0.2) is 0 Å². The normalized spacial score (nSPS) is 7.00. The summed E-state index contributed by atoms with van der Waals surface area (Å²) in [6.07, 6.45) is 0. The smallest absolute Gasteiger partial charge is 0.628 e. The van der Waals surface area contributed by atoms with E-state index in [1.54, 1.807) is 0 Å². The van der Waals surface area contributed by atoms with Gasteiger partial charge in [-0.15, -0.1) is 0 Å². The molecule has 0 fully saturated rings. The van der Waals surface area contributed by atoms with Crippen LogP contribution in [0.25, 0.3) is 0 Å². The van der Waals surface area contributed by atoms with E-state index in [-0.39, 0.29) is 177 Å². The molecule has 0 spiro atoms. The summed E-state index contributed by atoms with van der Waals surface area (Å²) in [6.45, 7) is 0. The Morgan fingerprint density at radius 1 is 0.292 bits per heavy atom. The Balaban J connectivity index is -0.0000000540. The number of hydrogen-bond acceptors (Lipinski definition) is 6. The van der Waals surface area contributed by atoms with Crippen molar-refractivity contribution in [1.29, 1.82) is 0 Å². The zero-order chi connectivity index (χ0) is 13.7. The summed E-state index contributed by atoms with van der Waals surface area (Å²) in [6, 6.07) is 0. The molecule has 24 heavy (non-hydrogen) atoms. The van der Waals surface area contributed by atoms with Gasteiger partial charge in [-0.1, -0.05) is 0 Å². The minimum absolute atomic E-state index is 0. The topological polar surface area (TPSA) is 187 Å². The Morgan fingerprint density at radius 3 is 0.458 bits per heavy atom. The van der Waals surface area contributed by atoms with E-state index in [0.29, 0.717) is 0 Å². The van der Waals surface area contributed by atoms with Gasteiger partial charge in [-0.25, -0.2) is 0 Å². The number of nitrogens with zero attached hydrogens (tertiary/aromatic N) is 6. The molecule has 2 rings (SSSR count). The Morgan fingerprint density at radius 2 is 0.375 bits per heavy atom. The van der Waals surface area contributed by atoms with Crippen molar-refractivity contribution in [1.82, 2.24) is 29.9 Å². The molecule has 2 aromatic heterocycles. The van der Waals surface area contributed by atoms with Gasteiger partial charge >= 0.3 is 177 Å². The molecule has 2 aromatic rings. The third-order valence-electron chi connectivity index (χ3n) is 1.15. The molecule has 0 aliphatic carbocycles. The molecule has 0 aromatic carbocycles. The van der Waals surface area contributed by atoms with Crippen molar-refractivity contribution in [3.63, 3.8) is 0 Å². The predicted octanol–water partition coefficient (Wildman–Crippen LogP) is -24.7. The van der Waals surface area contributed by atoms with Gasteiger partial charge in [-0.05, 0) is 34.1 Å². The first kappa shape index (κ1) is 41.2. The maximum absolute atomic E-state index is 10.0. The molecule has 2 heterocycles. The van der Waals surface area contributed by atoms with Crippen LogP contribution in [-0.2, 0) is 0 Å². The summed E-state index contributed by atoms with van der Waals surface area (Å²) in [5.74, 6) is 0. The minimum atomic E-state index is -1.08. The molecule has 0 aliphatic heterocycles. The Labute approximate surface area is 264 Å². The first-order chi connectivity index (χ1) is 8.36. The molecule has 12 nitrogen and oxygen atoms in total. The molecule has 96 valence electrons. The summed E-state index contributed by atoms with van der Waals surface area (Å²) < 4.78 is 0. The molecule has 0 radical (unpaired) electrons. The third-order valence-corrected chi connectivity index (χ3v) is 1.15. The Bertz CT molecular complexity index is 647. The fourth-order valence-electron chi connectivity index (χ4n) is 0.641. The van der Waals surface area contributed by atoms with E-state index in [4.69, 9.17) is 0 Å². The Hall–Kier alpha value is 2.82. The van der Waals surface area contributed by atoms with Crippen molar-refractivity contribution < 1.29 is 177 Å². The first-order valence-corrected chi connectivity index (χ1v) is 3.91. The SMILES string of the molecule is O=c1[n-]c(=O)[n-]c(=O)[n-]1.O=c1[n-]c(=O)[n-]c(=O)[n-]1.[Na+].[Na+].[Na+].[Na+].[Na+].[Na+]. The van der Waals surface area contributed by atoms with E-state index < -0.39 is 34.1 Å². The van der Waals surface area contributed by atoms with Crippen molar-refractivity contribution in [3.05, 3.63) is 62.9 Å². The first-order valence-electron chi connectivity index (χ1n) is 3.91. The van der Waals surface area contributed by atoms with Gasteiger partial charge in [0.15, 0.2) is 0 Å². The second-order valence-corrected chi connectivity index (χ2v) is 2.37. The third kappa shape index (κ3) is 19.6. The van der Waals surface area contributed by atoms with Gasteiger partial charge in [0.05, 0.1) is 0 Å². The molecule has 0 bridgehead atoms. The van der Waals surface area contributed by atoms with E-state index in [1.165, 1.54) is 0 Å². The summed E-state index contributed by atoms with van der Waals surface area (Å²) in [4.78, 5) is 76.5. The largest absolute Gasteiger partial charge is 1.00 e. The zero-order valence-corrected chi connectivity index (χ0v) is 26.1. The van der Waals surface area contributed by atoms with E-state index in [0.717, 1.165) is 0 Å². The molecule has 18 heteroatoms. The van der Waals surface area contributed by atoms with Gasteiger partial charge < -0.3 is 58.7 Å². The van der Waals surface area contributed by atoms with Gasteiger partial charge in [0.2, 0.25) is 0 Å². The average Bonchev–Trinajstić information content (AvgIpc) is 2.12. The van der Waals surface area contributed by atoms with Gasteiger partial charge in [0, 0.05) is 0 Å². The van der Waals surface area contributed by atoms with E-state index in [9.17, 15) is 28.8 Å². The fraction of sp³-hybridized carbons (Fsp3) is 0. The minimum Gasteiger partial charge on any atom is -0.628 e. The van der Waals surface area contributed by atoms with Crippen LogP contribution in [0.1, 0.15) is 0 Å². The number of hydrogen-bond donors (Lipinski definition) is 0. The van der Waals surface area contributed by atoms with Crippen LogP contribution in [0.4, 0.5) is 0 Å². The maximum Gasteiger partial charge on any atom is 1.00 e. The van der Waals surface area contributed by atoms with E-state index in [1.807, 2.05) is 0 Å². The summed E-state index contributed by atoms with van der Waals surface area (Å²) >= 11 is 0. The predicted molar refractivity (Wildman–Crippen MR) is 50.4 cm³/mol. The molecular weight excluding hydrogens is 390 g/mol. The molecule has 0 saturated carbocycles. The summed E-state index contributed by atoms with van der Waals surface area (Å²) in [5, 5.41) is 0.